The van der Waals surface area contributed by atoms with Crippen LogP contribution in [-0.4, -0.2) is 15.4 Å². The number of hydrogen-bond donors (Lipinski definition) is 0. The first kappa shape index (κ1) is 10.2. The minimum absolute atomic E-state index is 0.371. The van der Waals surface area contributed by atoms with Crippen molar-refractivity contribution >= 4 is 11.5 Å². The molecule has 1 aliphatic heterocycles. The molecule has 0 spiro atoms. The van der Waals surface area contributed by atoms with Crippen LogP contribution < -0.4 is 0 Å². The van der Waals surface area contributed by atoms with Crippen molar-refractivity contribution in [3.8, 4) is 6.07 Å². The molecule has 2 aromatic rings. The molecule has 0 amide bonds. The third-order valence-electron chi connectivity index (χ3n) is 2.82. The van der Waals surface area contributed by atoms with Gasteiger partial charge < -0.3 is 4.57 Å². The maximum Gasteiger partial charge on any atom is 0.222 e. The van der Waals surface area contributed by atoms with Crippen molar-refractivity contribution in [2.75, 3.05) is 0 Å². The van der Waals surface area contributed by atoms with E-state index in [9.17, 15) is 0 Å². The van der Waals surface area contributed by atoms with Gasteiger partial charge in [0.2, 0.25) is 5.69 Å². The van der Waals surface area contributed by atoms with Crippen molar-refractivity contribution in [3.05, 3.63) is 59.0 Å². The van der Waals surface area contributed by atoms with Crippen LogP contribution in [0.15, 0.2) is 35.6 Å². The molecule has 0 aromatic carbocycles. The monoisotopic (exact) mass is 233 g/mol. The van der Waals surface area contributed by atoms with E-state index in [-0.39, 0.29) is 0 Å². The normalized spacial score (nSPS) is 12.4. The minimum Gasteiger partial charge on any atom is -0.313 e. The molecule has 0 radical (unpaired) electrons. The molecule has 5 nitrogen and oxygen atoms in total. The number of aromatic nitrogens is 2. The Hall–Kier alpha value is -2.92. The van der Waals surface area contributed by atoms with Crippen molar-refractivity contribution in [3.63, 3.8) is 0 Å². The molecule has 0 saturated heterocycles. The van der Waals surface area contributed by atoms with E-state index in [0.717, 1.165) is 11.4 Å². The van der Waals surface area contributed by atoms with Crippen LogP contribution in [-0.2, 0) is 6.54 Å². The molecule has 0 bridgehead atoms. The number of rotatable bonds is 1. The summed E-state index contributed by atoms with van der Waals surface area (Å²) in [6.07, 6.45) is 3.35. The van der Waals surface area contributed by atoms with Gasteiger partial charge in [0.05, 0.1) is 30.4 Å². The van der Waals surface area contributed by atoms with Crippen LogP contribution in [0, 0.1) is 17.9 Å². The highest BCUT2D eigenvalue weighted by Gasteiger charge is 2.24. The maximum atomic E-state index is 9.09. The molecular weight excluding hydrogens is 226 g/mol. The summed E-state index contributed by atoms with van der Waals surface area (Å²) in [6.45, 7) is 7.49. The number of nitriles is 1. The van der Waals surface area contributed by atoms with Gasteiger partial charge in [0.15, 0.2) is 5.84 Å². The van der Waals surface area contributed by atoms with Gasteiger partial charge in [0.25, 0.3) is 0 Å². The summed E-state index contributed by atoms with van der Waals surface area (Å²) in [4.78, 5) is 12.0. The Labute approximate surface area is 103 Å². The molecule has 0 saturated carbocycles. The van der Waals surface area contributed by atoms with Gasteiger partial charge in [-0.2, -0.15) is 5.26 Å². The number of pyridine rings is 1. The topological polar surface area (TPSA) is 58.3 Å². The molecule has 0 atom stereocenters. The largest absolute Gasteiger partial charge is 0.313 e. The van der Waals surface area contributed by atoms with Crippen LogP contribution in [0.25, 0.3) is 4.85 Å². The number of fused-ring (bicyclic) bond motifs is 1. The second kappa shape index (κ2) is 3.83. The fourth-order valence-electron chi connectivity index (χ4n) is 2.01. The summed E-state index contributed by atoms with van der Waals surface area (Å²) in [5.74, 6) is 0.692. The Morgan fingerprint density at radius 3 is 3.00 bits per heavy atom. The Bertz CT molecular complexity index is 725. The van der Waals surface area contributed by atoms with E-state index in [1.807, 2.05) is 18.2 Å². The Morgan fingerprint density at radius 1 is 1.44 bits per heavy atom. The average Bonchev–Trinajstić information content (AvgIpc) is 2.97. The maximum absolute atomic E-state index is 9.09. The molecule has 84 valence electrons. The molecule has 0 N–H and O–H groups in total. The van der Waals surface area contributed by atoms with Gasteiger partial charge >= 0.3 is 0 Å². The molecule has 2 aromatic heterocycles. The van der Waals surface area contributed by atoms with E-state index >= 15 is 0 Å². The second-order valence-corrected chi connectivity index (χ2v) is 3.78. The summed E-state index contributed by atoms with van der Waals surface area (Å²) >= 11 is 0. The predicted molar refractivity (Wildman–Crippen MR) is 65.3 cm³/mol. The first-order valence-electron chi connectivity index (χ1n) is 5.33. The Kier molecular flexibility index (Phi) is 2.18. The zero-order chi connectivity index (χ0) is 12.5. The fraction of sp³-hybridized carbons (Fsp3) is 0.0769. The standard InChI is InChI=1S/C13H7N5/c1-15-11-8-18-12(9(11)6-14)7-17-13(18)10-4-2-3-5-16-10/h2-5,8H,7H2. The summed E-state index contributed by atoms with van der Waals surface area (Å²) in [6, 6.07) is 7.65. The van der Waals surface area contributed by atoms with Crippen molar-refractivity contribution in [2.45, 2.75) is 6.54 Å². The lowest BCUT2D eigenvalue weighted by Crippen LogP contribution is -2.11. The Balaban J connectivity index is 2.16. The van der Waals surface area contributed by atoms with E-state index in [4.69, 9.17) is 11.8 Å². The first-order valence-corrected chi connectivity index (χ1v) is 5.33. The zero-order valence-corrected chi connectivity index (χ0v) is 9.33. The molecule has 18 heavy (non-hydrogen) atoms. The van der Waals surface area contributed by atoms with Crippen LogP contribution in [0.1, 0.15) is 17.0 Å². The van der Waals surface area contributed by atoms with Crippen LogP contribution in [0.2, 0.25) is 0 Å². The van der Waals surface area contributed by atoms with Crippen LogP contribution in [0.5, 0.6) is 0 Å². The summed E-state index contributed by atoms with van der Waals surface area (Å²) in [5, 5.41) is 9.09. The molecule has 3 heterocycles. The predicted octanol–water partition coefficient (Wildman–Crippen LogP) is 2.11. The highest BCUT2D eigenvalue weighted by atomic mass is 15.1. The molecule has 0 aliphatic carbocycles. The summed E-state index contributed by atoms with van der Waals surface area (Å²) < 4.78 is 1.79. The van der Waals surface area contributed by atoms with Gasteiger partial charge in [-0.05, 0) is 12.1 Å². The zero-order valence-electron chi connectivity index (χ0n) is 9.33. The summed E-state index contributed by atoms with van der Waals surface area (Å²) in [5.41, 5.74) is 2.30. The first-order chi connectivity index (χ1) is 8.85. The van der Waals surface area contributed by atoms with Crippen molar-refractivity contribution in [1.82, 2.24) is 9.55 Å². The lowest BCUT2D eigenvalue weighted by atomic mass is 10.2. The molecule has 5 heteroatoms. The second-order valence-electron chi connectivity index (χ2n) is 3.78. The van der Waals surface area contributed by atoms with E-state index in [2.05, 4.69) is 20.9 Å². The molecular formula is C13H7N5. The molecule has 3 rings (SSSR count). The van der Waals surface area contributed by atoms with Crippen LogP contribution in [0.4, 0.5) is 5.69 Å². The number of hydrogen-bond acceptors (Lipinski definition) is 3. The van der Waals surface area contributed by atoms with Crippen molar-refractivity contribution in [1.29, 1.82) is 5.26 Å². The van der Waals surface area contributed by atoms with Gasteiger partial charge in [0, 0.05) is 12.4 Å². The molecule has 1 aliphatic rings. The van der Waals surface area contributed by atoms with Gasteiger partial charge in [-0.25, -0.2) is 4.85 Å². The van der Waals surface area contributed by atoms with Gasteiger partial charge in [0.1, 0.15) is 5.69 Å². The lowest BCUT2D eigenvalue weighted by molar-refractivity contribution is 1.03. The van der Waals surface area contributed by atoms with Crippen molar-refractivity contribution < 1.29 is 0 Å². The van der Waals surface area contributed by atoms with Crippen molar-refractivity contribution in [2.24, 2.45) is 4.99 Å². The highest BCUT2D eigenvalue weighted by molar-refractivity contribution is 6.01. The highest BCUT2D eigenvalue weighted by Crippen LogP contribution is 2.29. The van der Waals surface area contributed by atoms with E-state index in [1.165, 1.54) is 0 Å². The average molecular weight is 233 g/mol. The number of nitrogens with zero attached hydrogens (tertiary/aromatic N) is 5. The van der Waals surface area contributed by atoms with Gasteiger partial charge in [-0.15, -0.1) is 0 Å². The smallest absolute Gasteiger partial charge is 0.222 e. The third-order valence-corrected chi connectivity index (χ3v) is 2.82. The molecule has 0 fully saturated rings. The quantitative estimate of drug-likeness (QED) is 0.708. The third kappa shape index (κ3) is 1.32. The van der Waals surface area contributed by atoms with E-state index in [0.29, 0.717) is 23.6 Å². The van der Waals surface area contributed by atoms with Crippen LogP contribution >= 0.6 is 0 Å². The number of aliphatic imine (C=N–C) groups is 1. The van der Waals surface area contributed by atoms with Gasteiger partial charge in [-0.1, -0.05) is 6.07 Å². The Morgan fingerprint density at radius 2 is 2.33 bits per heavy atom. The lowest BCUT2D eigenvalue weighted by Gasteiger charge is -2.02. The van der Waals surface area contributed by atoms with Crippen LogP contribution in [0.3, 0.4) is 0 Å². The van der Waals surface area contributed by atoms with E-state index < -0.39 is 0 Å². The van der Waals surface area contributed by atoms with Gasteiger partial charge in [-0.3, -0.25) is 9.98 Å². The SMILES string of the molecule is [C-]#[N+]c1cn2c(c1C#N)CN=C2c1ccccn1. The summed E-state index contributed by atoms with van der Waals surface area (Å²) in [7, 11) is 0. The van der Waals surface area contributed by atoms with E-state index in [1.54, 1.807) is 17.0 Å². The minimum atomic E-state index is 0.371. The molecule has 0 unspecified atom stereocenters. The fourth-order valence-corrected chi connectivity index (χ4v) is 2.01.